The number of aryl methyl sites for hydroxylation is 1. The fraction of sp³-hybridized carbons (Fsp3) is 0.250. The van der Waals surface area contributed by atoms with Crippen molar-refractivity contribution in [2.24, 2.45) is 0 Å². The average molecular weight is 175 g/mol. The van der Waals surface area contributed by atoms with Crippen molar-refractivity contribution >= 4 is 12.3 Å². The molecule has 0 amide bonds. The second kappa shape index (κ2) is 6.18. The Morgan fingerprint density at radius 2 is 1.85 bits per heavy atom. The van der Waals surface area contributed by atoms with Crippen molar-refractivity contribution < 1.29 is 0 Å². The molecule has 1 nitrogen and oxygen atoms in total. The third kappa shape index (κ3) is 3.24. The van der Waals surface area contributed by atoms with Crippen LogP contribution in [0.2, 0.25) is 0 Å². The van der Waals surface area contributed by atoms with Gasteiger partial charge in [0, 0.05) is 6.21 Å². The average Bonchev–Trinajstić information content (AvgIpc) is 2.20. The van der Waals surface area contributed by atoms with E-state index in [2.05, 4.69) is 6.58 Å². The Bertz CT molecular complexity index is 287. The van der Waals surface area contributed by atoms with Crippen LogP contribution in [0.3, 0.4) is 0 Å². The van der Waals surface area contributed by atoms with Crippen LogP contribution in [0.5, 0.6) is 0 Å². The maximum atomic E-state index is 7.11. The molecule has 0 aromatic heterocycles. The summed E-state index contributed by atoms with van der Waals surface area (Å²) in [5.41, 5.74) is 3.12. The summed E-state index contributed by atoms with van der Waals surface area (Å²) in [6, 6.07) is 5.97. The van der Waals surface area contributed by atoms with Crippen molar-refractivity contribution in [1.82, 2.24) is 0 Å². The van der Waals surface area contributed by atoms with E-state index >= 15 is 0 Å². The van der Waals surface area contributed by atoms with Crippen molar-refractivity contribution in [2.45, 2.75) is 20.8 Å². The van der Waals surface area contributed by atoms with Gasteiger partial charge in [-0.1, -0.05) is 44.2 Å². The highest BCUT2D eigenvalue weighted by molar-refractivity contribution is 5.83. The van der Waals surface area contributed by atoms with Gasteiger partial charge >= 0.3 is 0 Å². The molecule has 0 atom stereocenters. The molecule has 0 saturated carbocycles. The highest BCUT2D eigenvalue weighted by atomic mass is 14.3. The zero-order valence-corrected chi connectivity index (χ0v) is 8.59. The van der Waals surface area contributed by atoms with E-state index in [4.69, 9.17) is 5.41 Å². The summed E-state index contributed by atoms with van der Waals surface area (Å²) in [6.45, 7) is 9.68. The van der Waals surface area contributed by atoms with Crippen LogP contribution in [0.25, 0.3) is 6.08 Å². The van der Waals surface area contributed by atoms with E-state index < -0.39 is 0 Å². The number of nitrogens with one attached hydrogen (secondary N) is 1. The molecular weight excluding hydrogens is 158 g/mol. The molecular formula is C12H17N. The zero-order chi connectivity index (χ0) is 10.3. The van der Waals surface area contributed by atoms with Crippen LogP contribution < -0.4 is 0 Å². The Morgan fingerprint density at radius 1 is 1.23 bits per heavy atom. The van der Waals surface area contributed by atoms with Crippen LogP contribution >= 0.6 is 0 Å². The third-order valence-electron chi connectivity index (χ3n) is 1.62. The molecule has 70 valence electrons. The lowest BCUT2D eigenvalue weighted by Crippen LogP contribution is -1.86. The first-order valence-corrected chi connectivity index (χ1v) is 4.51. The minimum absolute atomic E-state index is 0.931. The fourth-order valence-electron chi connectivity index (χ4n) is 1.01. The third-order valence-corrected chi connectivity index (χ3v) is 1.62. The molecule has 0 radical (unpaired) electrons. The van der Waals surface area contributed by atoms with Crippen LogP contribution in [0.15, 0.2) is 24.8 Å². The molecule has 1 rings (SSSR count). The van der Waals surface area contributed by atoms with Gasteiger partial charge in [-0.05, 0) is 24.1 Å². The monoisotopic (exact) mass is 175 g/mol. The lowest BCUT2D eigenvalue weighted by Gasteiger charge is -1.99. The maximum Gasteiger partial charge on any atom is 0.0256 e. The largest absolute Gasteiger partial charge is 0.308 e. The molecule has 0 aliphatic heterocycles. The van der Waals surface area contributed by atoms with E-state index in [0.29, 0.717) is 0 Å². The number of hydrogen-bond acceptors (Lipinski definition) is 1. The zero-order valence-electron chi connectivity index (χ0n) is 8.59. The minimum atomic E-state index is 0.931. The predicted octanol–water partition coefficient (Wildman–Crippen LogP) is 3.66. The van der Waals surface area contributed by atoms with Crippen molar-refractivity contribution in [2.75, 3.05) is 0 Å². The van der Waals surface area contributed by atoms with Gasteiger partial charge in [-0.25, -0.2) is 0 Å². The van der Waals surface area contributed by atoms with Gasteiger partial charge in [0.15, 0.2) is 0 Å². The number of rotatable bonds is 2. The van der Waals surface area contributed by atoms with Crippen LogP contribution in [0, 0.1) is 12.3 Å². The molecule has 0 heterocycles. The summed E-state index contributed by atoms with van der Waals surface area (Å²) in [6.07, 6.45) is 3.11. The standard InChI is InChI=1S/C10H11N.C2H6/c1-3-9-5-4-8(2)6-10(9)7-11;1-2/h3-7,11H,1H2,2H3;1-2H3. The molecule has 0 bridgehead atoms. The van der Waals surface area contributed by atoms with Gasteiger partial charge < -0.3 is 5.41 Å². The molecule has 1 aromatic carbocycles. The van der Waals surface area contributed by atoms with Crippen LogP contribution in [0.4, 0.5) is 0 Å². The van der Waals surface area contributed by atoms with E-state index in [9.17, 15) is 0 Å². The van der Waals surface area contributed by atoms with Crippen molar-refractivity contribution in [3.63, 3.8) is 0 Å². The molecule has 0 saturated heterocycles. The lowest BCUT2D eigenvalue weighted by molar-refractivity contribution is 1.44. The van der Waals surface area contributed by atoms with Crippen LogP contribution in [-0.2, 0) is 0 Å². The number of hydrogen-bond donors (Lipinski definition) is 1. The van der Waals surface area contributed by atoms with Gasteiger partial charge in [0.25, 0.3) is 0 Å². The highest BCUT2D eigenvalue weighted by Gasteiger charge is 1.94. The van der Waals surface area contributed by atoms with Gasteiger partial charge in [0.1, 0.15) is 0 Å². The van der Waals surface area contributed by atoms with Gasteiger partial charge in [-0.2, -0.15) is 0 Å². The molecule has 0 aliphatic rings. The normalized spacial score (nSPS) is 8.23. The van der Waals surface area contributed by atoms with Gasteiger partial charge in [-0.3, -0.25) is 0 Å². The Hall–Kier alpha value is -1.37. The van der Waals surface area contributed by atoms with E-state index in [-0.39, 0.29) is 0 Å². The summed E-state index contributed by atoms with van der Waals surface area (Å²) in [7, 11) is 0. The molecule has 0 fully saturated rings. The Kier molecular flexibility index (Phi) is 5.53. The van der Waals surface area contributed by atoms with Gasteiger partial charge in [0.2, 0.25) is 0 Å². The fourth-order valence-corrected chi connectivity index (χ4v) is 1.01. The lowest BCUT2D eigenvalue weighted by atomic mass is 10.1. The SMILES string of the molecule is C=Cc1ccc(C)cc1C=N.CC. The van der Waals surface area contributed by atoms with E-state index in [0.717, 1.165) is 11.1 Å². The predicted molar refractivity (Wildman–Crippen MR) is 60.5 cm³/mol. The van der Waals surface area contributed by atoms with Gasteiger partial charge in [-0.15, -0.1) is 0 Å². The summed E-state index contributed by atoms with van der Waals surface area (Å²) in [5, 5.41) is 7.11. The smallest absolute Gasteiger partial charge is 0.0256 e. The Balaban J connectivity index is 0.000000671. The summed E-state index contributed by atoms with van der Waals surface area (Å²) in [4.78, 5) is 0. The first-order valence-electron chi connectivity index (χ1n) is 4.51. The first kappa shape index (κ1) is 11.6. The van der Waals surface area contributed by atoms with Crippen LogP contribution in [0.1, 0.15) is 30.5 Å². The molecule has 1 aromatic rings. The Labute approximate surface area is 80.6 Å². The van der Waals surface area contributed by atoms with E-state index in [1.165, 1.54) is 11.8 Å². The summed E-state index contributed by atoms with van der Waals surface area (Å²) < 4.78 is 0. The molecule has 1 heteroatoms. The first-order chi connectivity index (χ1) is 6.27. The van der Waals surface area contributed by atoms with E-state index in [1.54, 1.807) is 6.08 Å². The second-order valence-corrected chi connectivity index (χ2v) is 2.48. The van der Waals surface area contributed by atoms with Crippen molar-refractivity contribution in [1.29, 1.82) is 5.41 Å². The highest BCUT2D eigenvalue weighted by Crippen LogP contribution is 2.10. The molecule has 13 heavy (non-hydrogen) atoms. The number of benzene rings is 1. The van der Waals surface area contributed by atoms with Gasteiger partial charge in [0.05, 0.1) is 0 Å². The van der Waals surface area contributed by atoms with Crippen LogP contribution in [-0.4, -0.2) is 6.21 Å². The summed E-state index contributed by atoms with van der Waals surface area (Å²) in [5.74, 6) is 0. The minimum Gasteiger partial charge on any atom is -0.308 e. The van der Waals surface area contributed by atoms with Crippen molar-refractivity contribution in [3.8, 4) is 0 Å². The molecule has 1 N–H and O–H groups in total. The topological polar surface area (TPSA) is 23.9 Å². The summed E-state index contributed by atoms with van der Waals surface area (Å²) >= 11 is 0. The maximum absolute atomic E-state index is 7.11. The van der Waals surface area contributed by atoms with E-state index in [1.807, 2.05) is 39.0 Å². The quantitative estimate of drug-likeness (QED) is 0.663. The van der Waals surface area contributed by atoms with Crippen molar-refractivity contribution in [3.05, 3.63) is 41.5 Å². The second-order valence-electron chi connectivity index (χ2n) is 2.48. The molecule has 0 spiro atoms. The Morgan fingerprint density at radius 3 is 2.31 bits per heavy atom. The molecule has 0 aliphatic carbocycles. The molecule has 0 unspecified atom stereocenters.